The third kappa shape index (κ3) is 6.35. The van der Waals surface area contributed by atoms with Gasteiger partial charge in [-0.05, 0) is 37.6 Å². The van der Waals surface area contributed by atoms with Gasteiger partial charge in [0.25, 0.3) is 0 Å². The Balaban J connectivity index is 0.000000968. The van der Waals surface area contributed by atoms with Crippen LogP contribution in [-0.4, -0.2) is 79.7 Å². The number of benzene rings is 1. The quantitative estimate of drug-likeness (QED) is 0.746. The third-order valence-electron chi connectivity index (χ3n) is 5.56. The molecule has 1 aromatic carbocycles. The molecule has 2 saturated heterocycles. The first-order valence-corrected chi connectivity index (χ1v) is 11.0. The summed E-state index contributed by atoms with van der Waals surface area (Å²) in [6.45, 7) is 9.74. The van der Waals surface area contributed by atoms with Crippen LogP contribution in [0, 0.1) is 6.92 Å². The molecule has 0 bridgehead atoms. The monoisotopic (exact) mass is 455 g/mol. The molecule has 2 aliphatic heterocycles. The average Bonchev–Trinajstić information content (AvgIpc) is 2.86. The Hall–Kier alpha value is -3.33. The highest BCUT2D eigenvalue weighted by molar-refractivity contribution is 5.89. The smallest absolute Gasteiger partial charge is 0.373 e. The molecule has 0 aliphatic carbocycles. The lowest BCUT2D eigenvalue weighted by Crippen LogP contribution is -2.43. The Morgan fingerprint density at radius 3 is 2.15 bits per heavy atom. The van der Waals surface area contributed by atoms with Crippen LogP contribution in [0.5, 0.6) is 0 Å². The molecule has 1 aromatic heterocycles. The number of aryl methyl sites for hydroxylation is 1. The number of amides is 2. The lowest BCUT2D eigenvalue weighted by molar-refractivity contribution is -0.191. The van der Waals surface area contributed by atoms with Gasteiger partial charge >= 0.3 is 12.2 Å². The zero-order chi connectivity index (χ0) is 23.6. The molecule has 2 amide bonds. The number of hydrogen-bond acceptors (Lipinski definition) is 8. The maximum Gasteiger partial charge on any atom is 0.373 e. The minimum atomic E-state index is -0.0968. The van der Waals surface area contributed by atoms with Gasteiger partial charge in [0.05, 0.1) is 26.4 Å². The van der Waals surface area contributed by atoms with Gasteiger partial charge < -0.3 is 24.6 Å². The zero-order valence-corrected chi connectivity index (χ0v) is 19.0. The molecule has 10 nitrogen and oxygen atoms in total. The first-order chi connectivity index (χ1) is 16.1. The van der Waals surface area contributed by atoms with Crippen molar-refractivity contribution < 1.29 is 23.9 Å². The van der Waals surface area contributed by atoms with Gasteiger partial charge in [-0.2, -0.15) is 9.59 Å². The average molecular weight is 456 g/mol. The summed E-state index contributed by atoms with van der Waals surface area (Å²) in [5.74, 6) is 1.70. The number of carbonyl (C=O) groups is 1. The van der Waals surface area contributed by atoms with Crippen LogP contribution in [0.25, 0.3) is 11.4 Å². The Morgan fingerprint density at radius 1 is 1.00 bits per heavy atom. The molecule has 0 spiro atoms. The maximum atomic E-state index is 12.4. The predicted molar refractivity (Wildman–Crippen MR) is 121 cm³/mol. The van der Waals surface area contributed by atoms with E-state index >= 15 is 0 Å². The second-order valence-corrected chi connectivity index (χ2v) is 7.59. The number of nitrogens with zero attached hydrogens (tertiary/aromatic N) is 4. The molecule has 0 unspecified atom stereocenters. The molecule has 0 saturated carbocycles. The van der Waals surface area contributed by atoms with Gasteiger partial charge in [0.15, 0.2) is 5.82 Å². The lowest BCUT2D eigenvalue weighted by atomic mass is 10.1. The van der Waals surface area contributed by atoms with Gasteiger partial charge in [0.1, 0.15) is 5.82 Å². The van der Waals surface area contributed by atoms with Crippen LogP contribution >= 0.6 is 0 Å². The largest absolute Gasteiger partial charge is 0.378 e. The number of urea groups is 1. The Labute approximate surface area is 192 Å². The lowest BCUT2D eigenvalue weighted by Gasteiger charge is -2.29. The minimum absolute atomic E-state index is 0.0968. The van der Waals surface area contributed by atoms with Gasteiger partial charge in [0.2, 0.25) is 0 Å². The molecule has 4 rings (SSSR count). The van der Waals surface area contributed by atoms with E-state index in [-0.39, 0.29) is 12.2 Å². The molecule has 10 heteroatoms. The van der Waals surface area contributed by atoms with Crippen LogP contribution < -0.4 is 10.2 Å². The Kier molecular flexibility index (Phi) is 8.88. The summed E-state index contributed by atoms with van der Waals surface area (Å²) in [5, 5.41) is 2.95. The van der Waals surface area contributed by atoms with Crippen LogP contribution in [0.1, 0.15) is 18.2 Å². The van der Waals surface area contributed by atoms with E-state index in [0.29, 0.717) is 32.1 Å². The number of aromatic nitrogens is 2. The van der Waals surface area contributed by atoms with E-state index in [4.69, 9.17) is 29.0 Å². The fourth-order valence-corrected chi connectivity index (χ4v) is 3.78. The van der Waals surface area contributed by atoms with Crippen molar-refractivity contribution in [3.63, 3.8) is 0 Å². The summed E-state index contributed by atoms with van der Waals surface area (Å²) < 4.78 is 10.8. The Bertz CT molecular complexity index is 964. The van der Waals surface area contributed by atoms with E-state index in [1.54, 1.807) is 4.90 Å². The van der Waals surface area contributed by atoms with Crippen LogP contribution in [0.2, 0.25) is 0 Å². The van der Waals surface area contributed by atoms with Gasteiger partial charge in [0, 0.05) is 48.7 Å². The highest BCUT2D eigenvalue weighted by Gasteiger charge is 2.20. The van der Waals surface area contributed by atoms with E-state index in [2.05, 4.69) is 24.1 Å². The second-order valence-electron chi connectivity index (χ2n) is 7.59. The van der Waals surface area contributed by atoms with Crippen molar-refractivity contribution in [1.29, 1.82) is 0 Å². The highest BCUT2D eigenvalue weighted by atomic mass is 16.5. The molecule has 0 atom stereocenters. The summed E-state index contributed by atoms with van der Waals surface area (Å²) in [7, 11) is 0. The summed E-state index contributed by atoms with van der Waals surface area (Å²) in [6, 6.07) is 7.62. The second kappa shape index (κ2) is 12.1. The molecular weight excluding hydrogens is 426 g/mol. The number of nitrogens with one attached hydrogen (secondary N) is 1. The summed E-state index contributed by atoms with van der Waals surface area (Å²) >= 11 is 0. The van der Waals surface area contributed by atoms with Crippen molar-refractivity contribution in [2.75, 3.05) is 62.8 Å². The topological polar surface area (TPSA) is 114 Å². The van der Waals surface area contributed by atoms with E-state index in [1.165, 1.54) is 0 Å². The van der Waals surface area contributed by atoms with Crippen LogP contribution in [-0.2, 0) is 25.5 Å². The van der Waals surface area contributed by atoms with Crippen molar-refractivity contribution in [2.24, 2.45) is 0 Å². The first kappa shape index (κ1) is 24.3. The summed E-state index contributed by atoms with van der Waals surface area (Å²) in [5.41, 5.74) is 3.89. The van der Waals surface area contributed by atoms with Crippen LogP contribution in [0.3, 0.4) is 0 Å². The highest BCUT2D eigenvalue weighted by Crippen LogP contribution is 2.26. The summed E-state index contributed by atoms with van der Waals surface area (Å²) in [6.07, 6.45) is 1.10. The Morgan fingerprint density at radius 2 is 1.58 bits per heavy atom. The molecule has 176 valence electrons. The molecule has 2 fully saturated rings. The van der Waals surface area contributed by atoms with Crippen molar-refractivity contribution in [3.8, 4) is 11.4 Å². The van der Waals surface area contributed by atoms with Crippen molar-refractivity contribution in [3.05, 3.63) is 35.5 Å². The number of ether oxygens (including phenoxy) is 2. The number of morpholine rings is 2. The minimum Gasteiger partial charge on any atom is -0.378 e. The molecule has 1 N–H and O–H groups in total. The fourth-order valence-electron chi connectivity index (χ4n) is 3.78. The molecule has 0 radical (unpaired) electrons. The van der Waals surface area contributed by atoms with E-state index in [1.807, 2.05) is 24.3 Å². The number of rotatable bonds is 4. The van der Waals surface area contributed by atoms with Crippen molar-refractivity contribution >= 4 is 23.7 Å². The fraction of sp³-hybridized carbons (Fsp3) is 0.478. The maximum absolute atomic E-state index is 12.4. The van der Waals surface area contributed by atoms with Gasteiger partial charge in [-0.1, -0.05) is 6.92 Å². The van der Waals surface area contributed by atoms with Crippen molar-refractivity contribution in [1.82, 2.24) is 14.9 Å². The molecule has 33 heavy (non-hydrogen) atoms. The number of anilines is 2. The standard InChI is InChI=1S/C22H29N5O3.CO2/c1-3-19-16(2)21(26-8-12-29-13-9-26)25-20(24-19)17-4-6-18(7-5-17)23-22(28)27-10-14-30-15-11-27;2-1-3/h4-7H,3,8-15H2,1-2H3,(H,23,28);. The van der Waals surface area contributed by atoms with Gasteiger partial charge in [-0.3, -0.25) is 0 Å². The normalized spacial score (nSPS) is 15.8. The number of hydrogen-bond donors (Lipinski definition) is 1. The zero-order valence-electron chi connectivity index (χ0n) is 19.0. The van der Waals surface area contributed by atoms with E-state index in [9.17, 15) is 4.79 Å². The predicted octanol–water partition coefficient (Wildman–Crippen LogP) is 2.13. The van der Waals surface area contributed by atoms with Gasteiger partial charge in [-0.25, -0.2) is 14.8 Å². The molecule has 3 heterocycles. The summed E-state index contributed by atoms with van der Waals surface area (Å²) in [4.78, 5) is 42.4. The van der Waals surface area contributed by atoms with Crippen molar-refractivity contribution in [2.45, 2.75) is 20.3 Å². The third-order valence-corrected chi connectivity index (χ3v) is 5.56. The van der Waals surface area contributed by atoms with Crippen LogP contribution in [0.4, 0.5) is 16.3 Å². The molecule has 2 aromatic rings. The van der Waals surface area contributed by atoms with Crippen LogP contribution in [0.15, 0.2) is 24.3 Å². The van der Waals surface area contributed by atoms with E-state index < -0.39 is 0 Å². The first-order valence-electron chi connectivity index (χ1n) is 11.0. The SMILES string of the molecule is CCc1nc(-c2ccc(NC(=O)N3CCOCC3)cc2)nc(N2CCOCC2)c1C.O=C=O. The molecular formula is C23H29N5O5. The number of carbonyl (C=O) groups excluding carboxylic acids is 3. The molecule has 2 aliphatic rings. The van der Waals surface area contributed by atoms with Gasteiger partial charge in [-0.15, -0.1) is 0 Å². The van der Waals surface area contributed by atoms with E-state index in [0.717, 1.165) is 61.1 Å².